The lowest BCUT2D eigenvalue weighted by Gasteiger charge is -2.22. The molecule has 120 valence electrons. The molecule has 2 heterocycles. The smallest absolute Gasteiger partial charge is 0.255 e. The Morgan fingerprint density at radius 2 is 1.96 bits per heavy atom. The predicted octanol–water partition coefficient (Wildman–Crippen LogP) is 2.74. The van der Waals surface area contributed by atoms with Gasteiger partial charge in [0.1, 0.15) is 12.3 Å². The highest BCUT2D eigenvalue weighted by molar-refractivity contribution is 6.04. The van der Waals surface area contributed by atoms with Crippen molar-refractivity contribution in [2.45, 2.75) is 33.2 Å². The van der Waals surface area contributed by atoms with E-state index in [1.165, 1.54) is 18.1 Å². The number of aryl methyl sites for hydroxylation is 3. The average Bonchev–Trinajstić information content (AvgIpc) is 3.11. The number of furan rings is 1. The molecule has 1 fully saturated rings. The van der Waals surface area contributed by atoms with Crippen LogP contribution in [0.15, 0.2) is 35.1 Å². The molecule has 3 rings (SSSR count). The highest BCUT2D eigenvalue weighted by atomic mass is 16.3. The molecule has 1 aliphatic rings. The minimum Gasteiger partial charge on any atom is -0.472 e. The van der Waals surface area contributed by atoms with Crippen LogP contribution >= 0.6 is 0 Å². The molecule has 5 nitrogen and oxygen atoms in total. The fourth-order valence-electron chi connectivity index (χ4n) is 3.27. The second kappa shape index (κ2) is 5.91. The van der Waals surface area contributed by atoms with Crippen molar-refractivity contribution in [1.29, 1.82) is 0 Å². The van der Waals surface area contributed by atoms with Crippen molar-refractivity contribution >= 4 is 17.5 Å². The first-order valence-electron chi connectivity index (χ1n) is 7.69. The van der Waals surface area contributed by atoms with Crippen LogP contribution in [0.1, 0.15) is 33.5 Å². The van der Waals surface area contributed by atoms with E-state index in [1.807, 2.05) is 20.8 Å². The highest BCUT2D eigenvalue weighted by Gasteiger charge is 2.35. The van der Waals surface area contributed by atoms with Crippen LogP contribution in [0.25, 0.3) is 0 Å². The van der Waals surface area contributed by atoms with Gasteiger partial charge in [-0.05, 0) is 44.4 Å². The monoisotopic (exact) mass is 312 g/mol. The van der Waals surface area contributed by atoms with Gasteiger partial charge in [-0.1, -0.05) is 17.7 Å². The number of amides is 2. The molecule has 1 aromatic heterocycles. The maximum absolute atomic E-state index is 12.7. The number of carbonyl (C=O) groups excluding carboxylic acids is 2. The van der Waals surface area contributed by atoms with Crippen LogP contribution < -0.4 is 10.2 Å². The predicted molar refractivity (Wildman–Crippen MR) is 87.6 cm³/mol. The number of rotatable bonds is 3. The van der Waals surface area contributed by atoms with E-state index in [-0.39, 0.29) is 11.8 Å². The van der Waals surface area contributed by atoms with Gasteiger partial charge in [-0.3, -0.25) is 9.59 Å². The van der Waals surface area contributed by atoms with Crippen LogP contribution in [-0.4, -0.2) is 24.4 Å². The Morgan fingerprint density at radius 1 is 1.26 bits per heavy atom. The molecule has 2 amide bonds. The Labute approximate surface area is 135 Å². The van der Waals surface area contributed by atoms with Gasteiger partial charge in [-0.25, -0.2) is 0 Å². The van der Waals surface area contributed by atoms with Crippen molar-refractivity contribution in [3.8, 4) is 0 Å². The number of carbonyl (C=O) groups is 2. The van der Waals surface area contributed by atoms with Gasteiger partial charge < -0.3 is 14.6 Å². The topological polar surface area (TPSA) is 62.6 Å². The zero-order valence-corrected chi connectivity index (χ0v) is 13.6. The second-order valence-electron chi connectivity index (χ2n) is 6.06. The van der Waals surface area contributed by atoms with Gasteiger partial charge in [0.05, 0.1) is 11.8 Å². The van der Waals surface area contributed by atoms with Gasteiger partial charge in [-0.2, -0.15) is 0 Å². The fraction of sp³-hybridized carbons (Fsp3) is 0.333. The number of nitrogens with one attached hydrogen (secondary N) is 1. The van der Waals surface area contributed by atoms with Gasteiger partial charge in [-0.15, -0.1) is 0 Å². The van der Waals surface area contributed by atoms with Crippen molar-refractivity contribution in [1.82, 2.24) is 5.32 Å². The molecule has 1 aromatic carbocycles. The Bertz CT molecular complexity index is 727. The summed E-state index contributed by atoms with van der Waals surface area (Å²) in [6.45, 7) is 6.68. The molecule has 1 saturated heterocycles. The van der Waals surface area contributed by atoms with Crippen LogP contribution in [-0.2, 0) is 4.79 Å². The summed E-state index contributed by atoms with van der Waals surface area (Å²) in [5, 5.41) is 2.79. The Balaban J connectivity index is 1.78. The molecule has 1 aliphatic heterocycles. The zero-order chi connectivity index (χ0) is 16.6. The maximum atomic E-state index is 12.7. The van der Waals surface area contributed by atoms with Crippen LogP contribution in [0.2, 0.25) is 0 Å². The summed E-state index contributed by atoms with van der Waals surface area (Å²) in [4.78, 5) is 26.6. The molecule has 0 radical (unpaired) electrons. The highest BCUT2D eigenvalue weighted by Crippen LogP contribution is 2.30. The molecular formula is C18H20N2O3. The van der Waals surface area contributed by atoms with Crippen LogP contribution in [0.3, 0.4) is 0 Å². The van der Waals surface area contributed by atoms with Crippen LogP contribution in [0, 0.1) is 20.8 Å². The molecule has 0 aliphatic carbocycles. The SMILES string of the molecule is Cc1cc(C)c(N2CCC(NC(=O)c3ccoc3)C2=O)c(C)c1. The summed E-state index contributed by atoms with van der Waals surface area (Å²) in [6, 6.07) is 5.25. The molecule has 1 N–H and O–H groups in total. The summed E-state index contributed by atoms with van der Waals surface area (Å²) in [5.41, 5.74) is 4.73. The first-order valence-corrected chi connectivity index (χ1v) is 7.69. The van der Waals surface area contributed by atoms with Gasteiger partial charge in [0.15, 0.2) is 0 Å². The third kappa shape index (κ3) is 2.86. The molecule has 2 aromatic rings. The Kier molecular flexibility index (Phi) is 3.94. The molecule has 0 bridgehead atoms. The summed E-state index contributed by atoms with van der Waals surface area (Å²) in [7, 11) is 0. The van der Waals surface area contributed by atoms with Gasteiger partial charge in [0, 0.05) is 12.2 Å². The molecular weight excluding hydrogens is 292 g/mol. The van der Waals surface area contributed by atoms with E-state index in [0.29, 0.717) is 18.5 Å². The molecule has 5 heteroatoms. The summed E-state index contributed by atoms with van der Waals surface area (Å²) in [5.74, 6) is -0.340. The molecule has 1 atom stereocenters. The number of nitrogens with zero attached hydrogens (tertiary/aromatic N) is 1. The number of hydrogen-bond acceptors (Lipinski definition) is 3. The van der Waals surface area contributed by atoms with Gasteiger partial charge in [0.2, 0.25) is 5.91 Å². The Hall–Kier alpha value is -2.56. The van der Waals surface area contributed by atoms with E-state index in [1.54, 1.807) is 11.0 Å². The van der Waals surface area contributed by atoms with E-state index in [4.69, 9.17) is 4.42 Å². The Morgan fingerprint density at radius 3 is 2.57 bits per heavy atom. The van der Waals surface area contributed by atoms with E-state index in [0.717, 1.165) is 16.8 Å². The standard InChI is InChI=1S/C18H20N2O3/c1-11-8-12(2)16(13(3)9-11)20-6-4-15(18(20)22)19-17(21)14-5-7-23-10-14/h5,7-10,15H,4,6H2,1-3H3,(H,19,21). The molecule has 0 saturated carbocycles. The van der Waals surface area contributed by atoms with E-state index >= 15 is 0 Å². The average molecular weight is 312 g/mol. The van der Waals surface area contributed by atoms with E-state index in [9.17, 15) is 9.59 Å². The third-order valence-electron chi connectivity index (χ3n) is 4.20. The lowest BCUT2D eigenvalue weighted by Crippen LogP contribution is -2.41. The summed E-state index contributed by atoms with van der Waals surface area (Å²) >= 11 is 0. The van der Waals surface area contributed by atoms with Crippen LogP contribution in [0.4, 0.5) is 5.69 Å². The number of benzene rings is 1. The first-order chi connectivity index (χ1) is 11.0. The fourth-order valence-corrected chi connectivity index (χ4v) is 3.27. The minimum absolute atomic E-state index is 0.0584. The molecule has 23 heavy (non-hydrogen) atoms. The van der Waals surface area contributed by atoms with Crippen molar-refractivity contribution in [3.63, 3.8) is 0 Å². The van der Waals surface area contributed by atoms with Crippen molar-refractivity contribution in [2.75, 3.05) is 11.4 Å². The van der Waals surface area contributed by atoms with Gasteiger partial charge in [0.25, 0.3) is 5.91 Å². The zero-order valence-electron chi connectivity index (χ0n) is 13.6. The van der Waals surface area contributed by atoms with E-state index in [2.05, 4.69) is 17.4 Å². The summed E-state index contributed by atoms with van der Waals surface area (Å²) in [6.07, 6.45) is 3.42. The second-order valence-corrected chi connectivity index (χ2v) is 6.06. The minimum atomic E-state index is -0.488. The first kappa shape index (κ1) is 15.3. The van der Waals surface area contributed by atoms with E-state index < -0.39 is 6.04 Å². The normalized spacial score (nSPS) is 17.6. The molecule has 0 spiro atoms. The van der Waals surface area contributed by atoms with Gasteiger partial charge >= 0.3 is 0 Å². The largest absolute Gasteiger partial charge is 0.472 e. The summed E-state index contributed by atoms with van der Waals surface area (Å²) < 4.78 is 4.90. The van der Waals surface area contributed by atoms with Crippen molar-refractivity contribution < 1.29 is 14.0 Å². The number of hydrogen-bond donors (Lipinski definition) is 1. The van der Waals surface area contributed by atoms with Crippen LogP contribution in [0.5, 0.6) is 0 Å². The molecule has 1 unspecified atom stereocenters. The lowest BCUT2D eigenvalue weighted by atomic mass is 10.0. The third-order valence-corrected chi connectivity index (χ3v) is 4.20. The number of anilines is 1. The lowest BCUT2D eigenvalue weighted by molar-refractivity contribution is -0.118. The van der Waals surface area contributed by atoms with Crippen molar-refractivity contribution in [2.24, 2.45) is 0 Å². The maximum Gasteiger partial charge on any atom is 0.255 e. The van der Waals surface area contributed by atoms with Crippen molar-refractivity contribution in [3.05, 3.63) is 53.0 Å². The quantitative estimate of drug-likeness (QED) is 0.948.